The van der Waals surface area contributed by atoms with E-state index in [2.05, 4.69) is 26.6 Å². The first-order chi connectivity index (χ1) is 18.2. The Morgan fingerprint density at radius 2 is 1.89 bits per heavy atom. The highest BCUT2D eigenvalue weighted by Crippen LogP contribution is 2.42. The van der Waals surface area contributed by atoms with E-state index in [1.165, 1.54) is 11.3 Å². The molecule has 0 bridgehead atoms. The van der Waals surface area contributed by atoms with Crippen LogP contribution >= 0.6 is 27.3 Å². The number of nitrogens with two attached hydrogens (primary N) is 1. The van der Waals surface area contributed by atoms with Crippen LogP contribution in [0.25, 0.3) is 21.3 Å². The van der Waals surface area contributed by atoms with Crippen LogP contribution in [0.15, 0.2) is 46.9 Å². The summed E-state index contributed by atoms with van der Waals surface area (Å²) in [6.45, 7) is 6.94. The summed E-state index contributed by atoms with van der Waals surface area (Å²) in [5.41, 5.74) is 12.2. The Morgan fingerprint density at radius 3 is 2.58 bits per heavy atom. The summed E-state index contributed by atoms with van der Waals surface area (Å²) in [5, 5.41) is 6.63. The zero-order valence-electron chi connectivity index (χ0n) is 21.5. The van der Waals surface area contributed by atoms with E-state index in [-0.39, 0.29) is 17.9 Å². The average molecular weight is 594 g/mol. The minimum absolute atomic E-state index is 0.0220. The molecule has 2 aromatic carbocycles. The van der Waals surface area contributed by atoms with Gasteiger partial charge in [0, 0.05) is 34.3 Å². The lowest BCUT2D eigenvalue weighted by Crippen LogP contribution is -2.31. The van der Waals surface area contributed by atoms with Crippen LogP contribution in [0.3, 0.4) is 0 Å². The lowest BCUT2D eigenvalue weighted by Gasteiger charge is -2.16. The number of nitrogen functional groups attached to an aromatic ring is 1. The number of thiophene rings is 1. The number of fused-ring (bicyclic) bond motifs is 1. The van der Waals surface area contributed by atoms with Crippen molar-refractivity contribution < 1.29 is 14.3 Å². The zero-order valence-corrected chi connectivity index (χ0v) is 23.9. The summed E-state index contributed by atoms with van der Waals surface area (Å²) < 4.78 is 6.55. The van der Waals surface area contributed by atoms with Crippen LogP contribution < -0.4 is 16.4 Å². The van der Waals surface area contributed by atoms with Crippen molar-refractivity contribution in [1.29, 1.82) is 0 Å². The number of carbonyl (C=O) groups excluding carboxylic acids is 2. The number of ether oxygens (including phenoxy) is 1. The monoisotopic (exact) mass is 592 g/mol. The molecule has 1 atom stereocenters. The minimum atomic E-state index is -0.281. The first kappa shape index (κ1) is 26.3. The topological polar surface area (TPSA) is 106 Å². The molecule has 7 nitrogen and oxygen atoms in total. The smallest absolute Gasteiger partial charge is 0.263 e. The van der Waals surface area contributed by atoms with Crippen molar-refractivity contribution >= 4 is 60.7 Å². The van der Waals surface area contributed by atoms with Crippen molar-refractivity contribution in [2.24, 2.45) is 0 Å². The van der Waals surface area contributed by atoms with Crippen LogP contribution in [0.1, 0.15) is 49.7 Å². The number of aromatic nitrogens is 1. The molecule has 38 heavy (non-hydrogen) atoms. The fourth-order valence-corrected chi connectivity index (χ4v) is 6.18. The van der Waals surface area contributed by atoms with Gasteiger partial charge in [-0.2, -0.15) is 0 Å². The highest BCUT2D eigenvalue weighted by molar-refractivity contribution is 9.10. The maximum Gasteiger partial charge on any atom is 0.263 e. The predicted octanol–water partition coefficient (Wildman–Crippen LogP) is 6.39. The summed E-state index contributed by atoms with van der Waals surface area (Å²) in [5.74, 6) is -0.543. The number of nitrogens with one attached hydrogen (secondary N) is 2. The molecule has 196 valence electrons. The number of anilines is 2. The van der Waals surface area contributed by atoms with E-state index < -0.39 is 0 Å². The number of nitrogens with zero attached hydrogens (tertiary/aromatic N) is 1. The van der Waals surface area contributed by atoms with E-state index in [1.807, 2.05) is 63.2 Å². The van der Waals surface area contributed by atoms with Crippen molar-refractivity contribution in [2.75, 3.05) is 24.2 Å². The van der Waals surface area contributed by atoms with Crippen LogP contribution in [0.2, 0.25) is 0 Å². The van der Waals surface area contributed by atoms with E-state index in [0.717, 1.165) is 46.3 Å². The molecule has 4 N–H and O–H groups in total. The molecule has 0 unspecified atom stereocenters. The van der Waals surface area contributed by atoms with Gasteiger partial charge >= 0.3 is 0 Å². The summed E-state index contributed by atoms with van der Waals surface area (Å²) in [6, 6.07) is 13.6. The third-order valence-corrected chi connectivity index (χ3v) is 8.40. The zero-order chi connectivity index (χ0) is 27.0. The van der Waals surface area contributed by atoms with Gasteiger partial charge in [-0.1, -0.05) is 45.8 Å². The second-order valence-corrected chi connectivity index (χ2v) is 11.5. The first-order valence-electron chi connectivity index (χ1n) is 12.5. The molecule has 1 aliphatic rings. The quantitative estimate of drug-likeness (QED) is 0.240. The van der Waals surface area contributed by atoms with Gasteiger partial charge in [0.2, 0.25) is 0 Å². The van der Waals surface area contributed by atoms with Gasteiger partial charge in [-0.05, 0) is 62.9 Å². The maximum absolute atomic E-state index is 13.8. The summed E-state index contributed by atoms with van der Waals surface area (Å²) in [7, 11) is 0. The van der Waals surface area contributed by atoms with Crippen LogP contribution in [-0.4, -0.2) is 36.1 Å². The number of hydrogen-bond donors (Lipinski definition) is 3. The Kier molecular flexibility index (Phi) is 7.52. The average Bonchev–Trinajstić information content (AvgIpc) is 3.52. The highest BCUT2D eigenvalue weighted by Gasteiger charge is 2.27. The SMILES string of the molecule is Cc1ccc(NC(=O)c2c(C)nc3sc(C(=O)NC[C@H]4CCCO4)c(N)c3c2-c2ccc(Br)cc2)c(C)c1. The Hall–Kier alpha value is -3.27. The fourth-order valence-electron chi connectivity index (χ4n) is 4.85. The molecule has 0 saturated carbocycles. The second-order valence-electron chi connectivity index (χ2n) is 9.60. The normalized spacial score (nSPS) is 15.1. The van der Waals surface area contributed by atoms with E-state index in [4.69, 9.17) is 15.5 Å². The van der Waals surface area contributed by atoms with Gasteiger partial charge in [0.05, 0.1) is 23.0 Å². The molecule has 1 saturated heterocycles. The Morgan fingerprint density at radius 1 is 1.13 bits per heavy atom. The molecule has 1 fully saturated rings. The van der Waals surface area contributed by atoms with Gasteiger partial charge in [-0.25, -0.2) is 4.98 Å². The minimum Gasteiger partial charge on any atom is -0.397 e. The molecule has 4 aromatic rings. The molecule has 0 aliphatic carbocycles. The summed E-state index contributed by atoms with van der Waals surface area (Å²) in [4.78, 5) is 32.7. The van der Waals surface area contributed by atoms with Gasteiger partial charge in [0.15, 0.2) is 0 Å². The van der Waals surface area contributed by atoms with E-state index in [9.17, 15) is 9.59 Å². The Labute approximate surface area is 233 Å². The van der Waals surface area contributed by atoms with Crippen molar-refractivity contribution in [2.45, 2.75) is 39.7 Å². The fraction of sp³-hybridized carbons (Fsp3) is 0.276. The molecule has 2 amide bonds. The lowest BCUT2D eigenvalue weighted by atomic mass is 9.94. The predicted molar refractivity (Wildman–Crippen MR) is 157 cm³/mol. The van der Waals surface area contributed by atoms with E-state index in [0.29, 0.717) is 44.1 Å². The number of rotatable bonds is 6. The number of aryl methyl sites for hydroxylation is 3. The molecule has 9 heteroatoms. The van der Waals surface area contributed by atoms with Crippen molar-refractivity contribution in [3.05, 3.63) is 74.2 Å². The van der Waals surface area contributed by atoms with Gasteiger partial charge in [0.1, 0.15) is 9.71 Å². The van der Waals surface area contributed by atoms with Crippen LogP contribution in [-0.2, 0) is 4.74 Å². The number of pyridine rings is 1. The second kappa shape index (κ2) is 10.8. The number of carbonyl (C=O) groups is 2. The van der Waals surface area contributed by atoms with Gasteiger partial charge in [0.25, 0.3) is 11.8 Å². The molecular weight excluding hydrogens is 564 g/mol. The van der Waals surface area contributed by atoms with Crippen molar-refractivity contribution in [3.8, 4) is 11.1 Å². The van der Waals surface area contributed by atoms with Crippen LogP contribution in [0, 0.1) is 20.8 Å². The van der Waals surface area contributed by atoms with E-state index in [1.54, 1.807) is 0 Å². The van der Waals surface area contributed by atoms with E-state index >= 15 is 0 Å². The number of benzene rings is 2. The molecule has 2 aromatic heterocycles. The molecule has 0 spiro atoms. The number of amides is 2. The van der Waals surface area contributed by atoms with Crippen molar-refractivity contribution in [1.82, 2.24) is 10.3 Å². The molecule has 0 radical (unpaired) electrons. The number of halogens is 1. The van der Waals surface area contributed by atoms with Crippen LogP contribution in [0.5, 0.6) is 0 Å². The number of hydrogen-bond acceptors (Lipinski definition) is 6. The third kappa shape index (κ3) is 5.18. The molecular formula is C29H29BrN4O3S. The molecule has 1 aliphatic heterocycles. The molecule has 3 heterocycles. The Balaban J connectivity index is 1.61. The highest BCUT2D eigenvalue weighted by atomic mass is 79.9. The largest absolute Gasteiger partial charge is 0.397 e. The summed E-state index contributed by atoms with van der Waals surface area (Å²) in [6.07, 6.45) is 1.95. The lowest BCUT2D eigenvalue weighted by molar-refractivity contribution is 0.0861. The maximum atomic E-state index is 13.8. The van der Waals surface area contributed by atoms with Crippen LogP contribution in [0.4, 0.5) is 11.4 Å². The first-order valence-corrected chi connectivity index (χ1v) is 14.1. The summed E-state index contributed by atoms with van der Waals surface area (Å²) >= 11 is 4.73. The van der Waals surface area contributed by atoms with Gasteiger partial charge in [-0.15, -0.1) is 11.3 Å². The molecule has 5 rings (SSSR count). The van der Waals surface area contributed by atoms with Gasteiger partial charge in [-0.3, -0.25) is 9.59 Å². The van der Waals surface area contributed by atoms with Crippen molar-refractivity contribution in [3.63, 3.8) is 0 Å². The standard InChI is InChI=1S/C29H29BrN4O3S/c1-15-6-11-21(16(2)13-15)34-27(35)22-17(3)33-29-24(23(22)18-7-9-19(30)10-8-18)25(31)26(38-29)28(36)32-14-20-5-4-12-37-20/h6-11,13,20H,4-5,12,14,31H2,1-3H3,(H,32,36)(H,34,35)/t20-/m1/s1. The third-order valence-electron chi connectivity index (χ3n) is 6.77. The van der Waals surface area contributed by atoms with Gasteiger partial charge < -0.3 is 21.1 Å². The Bertz CT molecular complexity index is 1540.